The molecule has 3 aromatic rings. The lowest BCUT2D eigenvalue weighted by molar-refractivity contribution is -0.131. The number of esters is 1. The van der Waals surface area contributed by atoms with Gasteiger partial charge in [0, 0.05) is 18.5 Å². The van der Waals surface area contributed by atoms with Crippen molar-refractivity contribution in [1.29, 1.82) is 0 Å². The van der Waals surface area contributed by atoms with Crippen LogP contribution in [-0.2, 0) is 4.79 Å². The fourth-order valence-corrected chi connectivity index (χ4v) is 2.26. The van der Waals surface area contributed by atoms with E-state index in [9.17, 15) is 4.79 Å². The maximum absolute atomic E-state index is 10.9. The van der Waals surface area contributed by atoms with E-state index in [4.69, 9.17) is 4.74 Å². The second-order valence-corrected chi connectivity index (χ2v) is 4.91. The molecule has 0 saturated carbocycles. The summed E-state index contributed by atoms with van der Waals surface area (Å²) in [6, 6.07) is 17.5. The lowest BCUT2D eigenvalue weighted by Gasteiger charge is -2.02. The molecule has 3 heteroatoms. The lowest BCUT2D eigenvalue weighted by atomic mass is 10.1. The molecule has 108 valence electrons. The number of carbonyl (C=O) groups excluding carboxylic acids is 1. The Kier molecular flexibility index (Phi) is 3.97. The number of hydrogen-bond donors (Lipinski definition) is 0. The van der Waals surface area contributed by atoms with Gasteiger partial charge in [0.15, 0.2) is 0 Å². The Bertz CT molecular complexity index is 830. The standard InChI is InChI=1S/C19H15NO2/c1-14(21)22-17-9-6-15(7-10-17)8-11-19-18-5-3-2-4-16(18)12-13-20-19/h2-13H,1H3/b11-8+. The molecule has 0 bridgehead atoms. The smallest absolute Gasteiger partial charge is 0.308 e. The molecule has 0 spiro atoms. The number of carbonyl (C=O) groups is 1. The molecule has 0 aliphatic heterocycles. The molecule has 0 atom stereocenters. The predicted molar refractivity (Wildman–Crippen MR) is 88.4 cm³/mol. The molecule has 0 aliphatic rings. The van der Waals surface area contributed by atoms with Crippen molar-refractivity contribution < 1.29 is 9.53 Å². The van der Waals surface area contributed by atoms with E-state index in [-0.39, 0.29) is 5.97 Å². The molecular formula is C19H15NO2. The van der Waals surface area contributed by atoms with E-state index in [0.29, 0.717) is 5.75 Å². The SMILES string of the molecule is CC(=O)Oc1ccc(/C=C/c2nccc3ccccc23)cc1. The predicted octanol–water partition coefficient (Wildman–Crippen LogP) is 4.33. The van der Waals surface area contributed by atoms with Crippen LogP contribution in [0.4, 0.5) is 0 Å². The number of pyridine rings is 1. The van der Waals surface area contributed by atoms with Crippen molar-refractivity contribution in [2.45, 2.75) is 6.92 Å². The third-order valence-corrected chi connectivity index (χ3v) is 3.28. The molecule has 0 saturated heterocycles. The Morgan fingerprint density at radius 2 is 1.77 bits per heavy atom. The zero-order chi connectivity index (χ0) is 15.4. The molecule has 0 radical (unpaired) electrons. The molecule has 2 aromatic carbocycles. The van der Waals surface area contributed by atoms with Crippen LogP contribution in [0.5, 0.6) is 5.75 Å². The highest BCUT2D eigenvalue weighted by molar-refractivity contribution is 5.91. The third-order valence-electron chi connectivity index (χ3n) is 3.28. The summed E-state index contributed by atoms with van der Waals surface area (Å²) < 4.78 is 5.01. The van der Waals surface area contributed by atoms with Crippen LogP contribution in [0.3, 0.4) is 0 Å². The molecule has 0 unspecified atom stereocenters. The summed E-state index contributed by atoms with van der Waals surface area (Å²) in [7, 11) is 0. The van der Waals surface area contributed by atoms with Crippen molar-refractivity contribution in [3.8, 4) is 5.75 Å². The first kappa shape index (κ1) is 14.0. The number of aromatic nitrogens is 1. The summed E-state index contributed by atoms with van der Waals surface area (Å²) in [6.45, 7) is 1.39. The summed E-state index contributed by atoms with van der Waals surface area (Å²) in [6.07, 6.45) is 5.79. The molecule has 22 heavy (non-hydrogen) atoms. The van der Waals surface area contributed by atoms with Gasteiger partial charge in [-0.25, -0.2) is 0 Å². The maximum atomic E-state index is 10.9. The van der Waals surface area contributed by atoms with Crippen molar-refractivity contribution in [3.63, 3.8) is 0 Å². The second-order valence-electron chi connectivity index (χ2n) is 4.91. The monoisotopic (exact) mass is 289 g/mol. The number of nitrogens with zero attached hydrogens (tertiary/aromatic N) is 1. The zero-order valence-electron chi connectivity index (χ0n) is 12.2. The Morgan fingerprint density at radius 3 is 2.55 bits per heavy atom. The summed E-state index contributed by atoms with van der Waals surface area (Å²) >= 11 is 0. The van der Waals surface area contributed by atoms with E-state index >= 15 is 0 Å². The number of rotatable bonds is 3. The fraction of sp³-hybridized carbons (Fsp3) is 0.0526. The second kappa shape index (κ2) is 6.22. The Labute approximate surface area is 128 Å². The zero-order valence-corrected chi connectivity index (χ0v) is 12.2. The van der Waals surface area contributed by atoms with E-state index in [2.05, 4.69) is 17.1 Å². The normalized spacial score (nSPS) is 11.0. The van der Waals surface area contributed by atoms with E-state index in [1.54, 1.807) is 12.1 Å². The number of benzene rings is 2. The Morgan fingerprint density at radius 1 is 1.00 bits per heavy atom. The van der Waals surface area contributed by atoms with E-state index < -0.39 is 0 Å². The highest BCUT2D eigenvalue weighted by atomic mass is 16.5. The van der Waals surface area contributed by atoms with Crippen molar-refractivity contribution >= 4 is 28.9 Å². The quantitative estimate of drug-likeness (QED) is 0.532. The van der Waals surface area contributed by atoms with Gasteiger partial charge < -0.3 is 4.74 Å². The van der Waals surface area contributed by atoms with Crippen LogP contribution in [0.1, 0.15) is 18.2 Å². The van der Waals surface area contributed by atoms with Crippen molar-refractivity contribution in [1.82, 2.24) is 4.98 Å². The van der Waals surface area contributed by atoms with E-state index in [1.165, 1.54) is 12.3 Å². The fourth-order valence-electron chi connectivity index (χ4n) is 2.26. The molecule has 0 fully saturated rings. The van der Waals surface area contributed by atoms with Crippen LogP contribution in [-0.4, -0.2) is 11.0 Å². The third kappa shape index (κ3) is 3.20. The van der Waals surface area contributed by atoms with Crippen molar-refractivity contribution in [2.24, 2.45) is 0 Å². The maximum Gasteiger partial charge on any atom is 0.308 e. The molecule has 1 heterocycles. The van der Waals surface area contributed by atoms with Crippen LogP contribution in [0.15, 0.2) is 60.8 Å². The van der Waals surface area contributed by atoms with Gasteiger partial charge in [-0.05, 0) is 35.2 Å². The number of ether oxygens (including phenoxy) is 1. The van der Waals surface area contributed by atoms with Gasteiger partial charge in [-0.2, -0.15) is 0 Å². The van der Waals surface area contributed by atoms with Gasteiger partial charge in [0.2, 0.25) is 0 Å². The van der Waals surface area contributed by atoms with Gasteiger partial charge >= 0.3 is 5.97 Å². The molecule has 3 nitrogen and oxygen atoms in total. The summed E-state index contributed by atoms with van der Waals surface area (Å²) in [5.74, 6) is 0.233. The van der Waals surface area contributed by atoms with Crippen LogP contribution in [0, 0.1) is 0 Å². The first-order valence-corrected chi connectivity index (χ1v) is 7.03. The number of hydrogen-bond acceptors (Lipinski definition) is 3. The molecule has 0 aliphatic carbocycles. The Hall–Kier alpha value is -2.94. The average Bonchev–Trinajstić information content (AvgIpc) is 2.54. The topological polar surface area (TPSA) is 39.2 Å². The Balaban J connectivity index is 1.85. The minimum Gasteiger partial charge on any atom is -0.427 e. The highest BCUT2D eigenvalue weighted by Gasteiger charge is 1.99. The largest absolute Gasteiger partial charge is 0.427 e. The molecule has 0 amide bonds. The van der Waals surface area contributed by atoms with Gasteiger partial charge in [0.1, 0.15) is 5.75 Å². The summed E-state index contributed by atoms with van der Waals surface area (Å²) in [5.41, 5.74) is 1.95. The van der Waals surface area contributed by atoms with Gasteiger partial charge in [0.05, 0.1) is 5.69 Å². The molecule has 1 aromatic heterocycles. The summed E-state index contributed by atoms with van der Waals surface area (Å²) in [4.78, 5) is 15.3. The van der Waals surface area contributed by atoms with Gasteiger partial charge in [-0.1, -0.05) is 42.5 Å². The lowest BCUT2D eigenvalue weighted by Crippen LogP contribution is -2.00. The van der Waals surface area contributed by atoms with Gasteiger partial charge in [-0.15, -0.1) is 0 Å². The van der Waals surface area contributed by atoms with Crippen LogP contribution in [0.25, 0.3) is 22.9 Å². The van der Waals surface area contributed by atoms with E-state index in [0.717, 1.165) is 16.6 Å². The minimum atomic E-state index is -0.316. The molecular weight excluding hydrogens is 274 g/mol. The van der Waals surface area contributed by atoms with E-state index in [1.807, 2.05) is 48.7 Å². The van der Waals surface area contributed by atoms with Crippen LogP contribution in [0.2, 0.25) is 0 Å². The average molecular weight is 289 g/mol. The van der Waals surface area contributed by atoms with Crippen molar-refractivity contribution in [2.75, 3.05) is 0 Å². The van der Waals surface area contributed by atoms with Gasteiger partial charge in [-0.3, -0.25) is 9.78 Å². The summed E-state index contributed by atoms with van der Waals surface area (Å²) in [5, 5.41) is 2.29. The highest BCUT2D eigenvalue weighted by Crippen LogP contribution is 2.19. The first-order chi connectivity index (χ1) is 10.7. The number of fused-ring (bicyclic) bond motifs is 1. The van der Waals surface area contributed by atoms with Crippen molar-refractivity contribution in [3.05, 3.63) is 72.1 Å². The van der Waals surface area contributed by atoms with Gasteiger partial charge in [0.25, 0.3) is 0 Å². The van der Waals surface area contributed by atoms with Crippen LogP contribution >= 0.6 is 0 Å². The molecule has 0 N–H and O–H groups in total. The molecule has 3 rings (SSSR count). The minimum absolute atomic E-state index is 0.316. The van der Waals surface area contributed by atoms with Crippen LogP contribution < -0.4 is 4.74 Å². The first-order valence-electron chi connectivity index (χ1n) is 7.03.